The molecule has 0 spiro atoms. The summed E-state index contributed by atoms with van der Waals surface area (Å²) in [4.78, 5) is 35.0. The summed E-state index contributed by atoms with van der Waals surface area (Å²) < 4.78 is 10.4. The average molecular weight is 494 g/mol. The number of likely N-dealkylation sites (N-methyl/N-ethyl adjacent to an activating group) is 1. The number of aromatic nitrogens is 2. The molecule has 0 aliphatic heterocycles. The molecule has 3 rings (SSSR count). The first-order valence-electron chi connectivity index (χ1n) is 11.3. The van der Waals surface area contributed by atoms with Gasteiger partial charge >= 0.3 is 5.97 Å². The molecule has 2 aliphatic rings. The van der Waals surface area contributed by atoms with E-state index in [1.807, 2.05) is 13.2 Å². The van der Waals surface area contributed by atoms with Crippen LogP contribution in [0.1, 0.15) is 55.8 Å². The molecule has 1 atom stereocenters. The predicted molar refractivity (Wildman–Crippen MR) is 130 cm³/mol. The molecule has 9 heteroatoms. The van der Waals surface area contributed by atoms with Crippen molar-refractivity contribution >= 4 is 35.2 Å². The van der Waals surface area contributed by atoms with E-state index in [0.29, 0.717) is 30.0 Å². The van der Waals surface area contributed by atoms with Crippen LogP contribution >= 0.6 is 23.4 Å². The van der Waals surface area contributed by atoms with E-state index < -0.39 is 0 Å². The number of carbonyl (C=O) groups is 2. The van der Waals surface area contributed by atoms with Gasteiger partial charge in [-0.2, -0.15) is 4.98 Å². The molecule has 2 aliphatic carbocycles. The van der Waals surface area contributed by atoms with Gasteiger partial charge in [-0.15, -0.1) is 0 Å². The molecule has 7 nitrogen and oxygen atoms in total. The zero-order chi connectivity index (χ0) is 24.0. The largest absolute Gasteiger partial charge is 0.477 e. The zero-order valence-corrected chi connectivity index (χ0v) is 21.2. The van der Waals surface area contributed by atoms with Crippen LogP contribution in [0.3, 0.4) is 0 Å². The summed E-state index contributed by atoms with van der Waals surface area (Å²) in [6.07, 6.45) is 13.8. The molecule has 1 heterocycles. The number of rotatable bonds is 8. The lowest BCUT2D eigenvalue weighted by Gasteiger charge is -2.32. The Morgan fingerprint density at radius 3 is 2.55 bits per heavy atom. The Labute approximate surface area is 205 Å². The van der Waals surface area contributed by atoms with Crippen molar-refractivity contribution in [3.8, 4) is 5.88 Å². The first-order chi connectivity index (χ1) is 15.9. The van der Waals surface area contributed by atoms with Gasteiger partial charge in [-0.1, -0.05) is 41.6 Å². The van der Waals surface area contributed by atoms with Crippen molar-refractivity contribution in [1.29, 1.82) is 0 Å². The van der Waals surface area contributed by atoms with Gasteiger partial charge in [0.05, 0.1) is 19.8 Å². The Morgan fingerprint density at radius 1 is 1.24 bits per heavy atom. The maximum absolute atomic E-state index is 13.3. The first kappa shape index (κ1) is 25.6. The van der Waals surface area contributed by atoms with Gasteiger partial charge < -0.3 is 14.4 Å². The Bertz CT molecular complexity index is 929. The summed E-state index contributed by atoms with van der Waals surface area (Å²) in [6, 6.07) is -0.0808. The molecule has 0 aromatic carbocycles. The third kappa shape index (κ3) is 6.29. The van der Waals surface area contributed by atoms with Crippen LogP contribution in [0.25, 0.3) is 0 Å². The molecule has 1 unspecified atom stereocenters. The van der Waals surface area contributed by atoms with Crippen LogP contribution in [0.5, 0.6) is 5.88 Å². The summed E-state index contributed by atoms with van der Waals surface area (Å²) >= 11 is 7.70. The van der Waals surface area contributed by atoms with Crippen LogP contribution in [-0.4, -0.2) is 59.8 Å². The van der Waals surface area contributed by atoms with Crippen LogP contribution < -0.4 is 4.74 Å². The minimum absolute atomic E-state index is 0.0808. The highest BCUT2D eigenvalue weighted by Crippen LogP contribution is 2.37. The van der Waals surface area contributed by atoms with Gasteiger partial charge in [0.2, 0.25) is 5.88 Å². The number of thioether (sulfide) groups is 1. The highest BCUT2D eigenvalue weighted by Gasteiger charge is 2.30. The van der Waals surface area contributed by atoms with Crippen LogP contribution in [-0.2, 0) is 9.53 Å². The third-order valence-corrected chi connectivity index (χ3v) is 7.23. The fourth-order valence-electron chi connectivity index (χ4n) is 4.47. The summed E-state index contributed by atoms with van der Waals surface area (Å²) in [5.74, 6) is 0.766. The second kappa shape index (κ2) is 11.9. The number of allylic oxidation sites excluding steroid dienone is 2. The summed E-state index contributed by atoms with van der Waals surface area (Å²) in [5.41, 5.74) is 1.52. The van der Waals surface area contributed by atoms with Gasteiger partial charge in [-0.25, -0.2) is 4.98 Å². The van der Waals surface area contributed by atoms with Crippen molar-refractivity contribution < 1.29 is 19.1 Å². The molecule has 1 fully saturated rings. The van der Waals surface area contributed by atoms with Crippen LogP contribution in [0.4, 0.5) is 0 Å². The molecule has 1 aromatic rings. The van der Waals surface area contributed by atoms with E-state index in [1.54, 1.807) is 11.9 Å². The Kier molecular flexibility index (Phi) is 9.20. The normalized spacial score (nSPS) is 22.5. The highest BCUT2D eigenvalue weighted by atomic mass is 35.5. The monoisotopic (exact) mass is 493 g/mol. The topological polar surface area (TPSA) is 81.6 Å². The number of methoxy groups -OCH3 is 1. The molecular weight excluding hydrogens is 462 g/mol. The van der Waals surface area contributed by atoms with Crippen molar-refractivity contribution in [3.05, 3.63) is 34.5 Å². The van der Waals surface area contributed by atoms with Gasteiger partial charge in [0, 0.05) is 13.5 Å². The van der Waals surface area contributed by atoms with Crippen LogP contribution in [0, 0.1) is 11.8 Å². The van der Waals surface area contributed by atoms with Crippen molar-refractivity contribution in [3.63, 3.8) is 0 Å². The minimum Gasteiger partial charge on any atom is -0.477 e. The van der Waals surface area contributed by atoms with Crippen molar-refractivity contribution in [2.24, 2.45) is 11.8 Å². The smallest absolute Gasteiger partial charge is 0.305 e. The van der Waals surface area contributed by atoms with E-state index in [9.17, 15) is 9.59 Å². The van der Waals surface area contributed by atoms with E-state index in [1.165, 1.54) is 24.4 Å². The number of nitrogens with zero attached hydrogens (tertiary/aromatic N) is 3. The molecule has 0 bridgehead atoms. The van der Waals surface area contributed by atoms with Crippen molar-refractivity contribution in [2.75, 3.05) is 27.0 Å². The van der Waals surface area contributed by atoms with E-state index in [2.05, 4.69) is 28.2 Å². The molecule has 1 saturated carbocycles. The standard InChI is InChI=1S/C24H32ClN3O4S/c1-5-32-22-20(21(25)26-24(27-22)33-4)23(30)28(2)18-12-10-17(11-13-18)16-8-6-15(7-9-16)14-19(29)31-3/h10-12,15-16,18H,5-9,13-14H2,1-4H3. The van der Waals surface area contributed by atoms with E-state index in [-0.39, 0.29) is 34.5 Å². The first-order valence-corrected chi connectivity index (χ1v) is 12.9. The number of hydrogen-bond donors (Lipinski definition) is 0. The lowest BCUT2D eigenvalue weighted by molar-refractivity contribution is -0.142. The quantitative estimate of drug-likeness (QED) is 0.219. The Hall–Kier alpha value is -2.06. The van der Waals surface area contributed by atoms with E-state index in [0.717, 1.165) is 32.1 Å². The third-order valence-electron chi connectivity index (χ3n) is 6.41. The predicted octanol–water partition coefficient (Wildman–Crippen LogP) is 4.95. The Balaban J connectivity index is 1.63. The van der Waals surface area contributed by atoms with Gasteiger partial charge in [0.25, 0.3) is 5.91 Å². The molecule has 0 radical (unpaired) electrons. The maximum Gasteiger partial charge on any atom is 0.305 e. The molecule has 180 valence electrons. The molecule has 0 N–H and O–H groups in total. The van der Waals surface area contributed by atoms with Gasteiger partial charge in [0.15, 0.2) is 5.16 Å². The molecule has 33 heavy (non-hydrogen) atoms. The van der Waals surface area contributed by atoms with Crippen LogP contribution in [0.2, 0.25) is 5.15 Å². The SMILES string of the molecule is CCOc1nc(SC)nc(Cl)c1C(=O)N(C)C1C=CC(C2CCC(CC(=O)OC)CC2)=CC1. The number of carbonyl (C=O) groups excluding carboxylic acids is 2. The summed E-state index contributed by atoms with van der Waals surface area (Å²) in [5, 5.41) is 0.573. The Morgan fingerprint density at radius 2 is 1.97 bits per heavy atom. The number of esters is 1. The number of amides is 1. The van der Waals surface area contributed by atoms with Crippen molar-refractivity contribution in [2.45, 2.75) is 56.6 Å². The molecular formula is C24H32ClN3O4S. The second-order valence-corrected chi connectivity index (χ2v) is 9.53. The van der Waals surface area contributed by atoms with Crippen LogP contribution in [0.15, 0.2) is 29.0 Å². The molecule has 1 amide bonds. The number of ether oxygens (including phenoxy) is 2. The summed E-state index contributed by atoms with van der Waals surface area (Å²) in [6.45, 7) is 2.22. The minimum atomic E-state index is -0.258. The average Bonchev–Trinajstić information content (AvgIpc) is 2.83. The van der Waals surface area contributed by atoms with Gasteiger partial charge in [-0.05, 0) is 62.7 Å². The van der Waals surface area contributed by atoms with Gasteiger partial charge in [0.1, 0.15) is 10.7 Å². The molecule has 0 saturated heterocycles. The lowest BCUT2D eigenvalue weighted by atomic mass is 9.76. The molecule has 1 aromatic heterocycles. The van der Waals surface area contributed by atoms with E-state index in [4.69, 9.17) is 21.1 Å². The van der Waals surface area contributed by atoms with Gasteiger partial charge in [-0.3, -0.25) is 9.59 Å². The number of halogens is 1. The highest BCUT2D eigenvalue weighted by molar-refractivity contribution is 7.98. The summed E-state index contributed by atoms with van der Waals surface area (Å²) in [7, 11) is 3.21. The fourth-order valence-corrected chi connectivity index (χ4v) is 5.12. The second-order valence-electron chi connectivity index (χ2n) is 8.39. The van der Waals surface area contributed by atoms with Crippen molar-refractivity contribution in [1.82, 2.24) is 14.9 Å². The fraction of sp³-hybridized carbons (Fsp3) is 0.583. The van der Waals surface area contributed by atoms with E-state index >= 15 is 0 Å². The lowest BCUT2D eigenvalue weighted by Crippen LogP contribution is -2.37. The maximum atomic E-state index is 13.3. The number of hydrogen-bond acceptors (Lipinski definition) is 7. The zero-order valence-electron chi connectivity index (χ0n) is 19.7.